The molecule has 19 heavy (non-hydrogen) atoms. The second kappa shape index (κ2) is 7.30. The zero-order valence-electron chi connectivity index (χ0n) is 11.0. The lowest BCUT2D eigenvalue weighted by Crippen LogP contribution is -2.35. The van der Waals surface area contributed by atoms with Crippen molar-refractivity contribution in [1.29, 1.82) is 0 Å². The molecule has 7 nitrogen and oxygen atoms in total. The Kier molecular flexibility index (Phi) is 5.72. The standard InChI is InChI=1S/C12H17N3O4/c1-3-19-11(17)5-8-14(2)10(16)9-15-7-4-6-13-12(15)18/h4,6-7H,3,5,8-9H2,1-2H3. The molecule has 1 aromatic rings. The van der Waals surface area contributed by atoms with Gasteiger partial charge in [-0.1, -0.05) is 0 Å². The highest BCUT2D eigenvalue weighted by molar-refractivity contribution is 5.76. The highest BCUT2D eigenvalue weighted by Crippen LogP contribution is 1.94. The molecule has 0 atom stereocenters. The highest BCUT2D eigenvalue weighted by atomic mass is 16.5. The van der Waals surface area contributed by atoms with Crippen LogP contribution in [0.25, 0.3) is 0 Å². The van der Waals surface area contributed by atoms with Crippen molar-refractivity contribution >= 4 is 11.9 Å². The second-order valence-electron chi connectivity index (χ2n) is 3.90. The number of likely N-dealkylation sites (N-methyl/N-ethyl adjacent to an activating group) is 1. The fraction of sp³-hybridized carbons (Fsp3) is 0.500. The number of hydrogen-bond donors (Lipinski definition) is 0. The largest absolute Gasteiger partial charge is 0.466 e. The highest BCUT2D eigenvalue weighted by Gasteiger charge is 2.12. The summed E-state index contributed by atoms with van der Waals surface area (Å²) >= 11 is 0. The van der Waals surface area contributed by atoms with Crippen LogP contribution in [0.2, 0.25) is 0 Å². The number of ether oxygens (including phenoxy) is 1. The first kappa shape index (κ1) is 14.9. The molecule has 1 amide bonds. The smallest absolute Gasteiger partial charge is 0.347 e. The maximum Gasteiger partial charge on any atom is 0.347 e. The molecular formula is C12H17N3O4. The number of rotatable bonds is 6. The number of esters is 1. The summed E-state index contributed by atoms with van der Waals surface area (Å²) in [5, 5.41) is 0. The Labute approximate surface area is 110 Å². The van der Waals surface area contributed by atoms with Gasteiger partial charge >= 0.3 is 11.7 Å². The van der Waals surface area contributed by atoms with Crippen molar-refractivity contribution in [2.24, 2.45) is 0 Å². The van der Waals surface area contributed by atoms with E-state index in [1.165, 1.54) is 21.9 Å². The topological polar surface area (TPSA) is 81.5 Å². The fourth-order valence-corrected chi connectivity index (χ4v) is 1.39. The summed E-state index contributed by atoms with van der Waals surface area (Å²) < 4.78 is 5.98. The molecule has 0 spiro atoms. The van der Waals surface area contributed by atoms with Crippen LogP contribution in [0.15, 0.2) is 23.3 Å². The minimum Gasteiger partial charge on any atom is -0.466 e. The van der Waals surface area contributed by atoms with Crippen LogP contribution in [-0.4, -0.2) is 46.5 Å². The molecule has 0 bridgehead atoms. The zero-order valence-corrected chi connectivity index (χ0v) is 11.0. The van der Waals surface area contributed by atoms with E-state index in [-0.39, 0.29) is 31.4 Å². The molecule has 0 unspecified atom stereocenters. The number of hydrogen-bond acceptors (Lipinski definition) is 5. The average molecular weight is 267 g/mol. The van der Waals surface area contributed by atoms with Crippen molar-refractivity contribution in [3.63, 3.8) is 0 Å². The summed E-state index contributed by atoms with van der Waals surface area (Å²) in [6.07, 6.45) is 3.00. The summed E-state index contributed by atoms with van der Waals surface area (Å²) in [7, 11) is 1.57. The van der Waals surface area contributed by atoms with Crippen LogP contribution in [0.5, 0.6) is 0 Å². The minimum absolute atomic E-state index is 0.0913. The Balaban J connectivity index is 2.47. The number of nitrogens with zero attached hydrogens (tertiary/aromatic N) is 3. The van der Waals surface area contributed by atoms with Crippen LogP contribution in [-0.2, 0) is 20.9 Å². The molecular weight excluding hydrogens is 250 g/mol. The van der Waals surface area contributed by atoms with Crippen LogP contribution in [0.4, 0.5) is 0 Å². The molecule has 0 fully saturated rings. The van der Waals surface area contributed by atoms with Gasteiger partial charge in [-0.2, -0.15) is 0 Å². The first-order valence-corrected chi connectivity index (χ1v) is 5.95. The van der Waals surface area contributed by atoms with E-state index in [4.69, 9.17) is 4.74 Å². The van der Waals surface area contributed by atoms with Gasteiger partial charge in [0.2, 0.25) is 5.91 Å². The molecule has 1 heterocycles. The van der Waals surface area contributed by atoms with Gasteiger partial charge in [-0.15, -0.1) is 0 Å². The van der Waals surface area contributed by atoms with Gasteiger partial charge in [-0.25, -0.2) is 9.78 Å². The average Bonchev–Trinajstić information content (AvgIpc) is 2.39. The van der Waals surface area contributed by atoms with Gasteiger partial charge in [0.1, 0.15) is 6.54 Å². The van der Waals surface area contributed by atoms with E-state index in [9.17, 15) is 14.4 Å². The SMILES string of the molecule is CCOC(=O)CCN(C)C(=O)Cn1cccnc1=O. The van der Waals surface area contributed by atoms with Gasteiger partial charge in [0, 0.05) is 26.0 Å². The van der Waals surface area contributed by atoms with Gasteiger partial charge in [-0.3, -0.25) is 14.2 Å². The molecule has 0 aliphatic carbocycles. The van der Waals surface area contributed by atoms with E-state index >= 15 is 0 Å². The molecule has 1 rings (SSSR count). The summed E-state index contributed by atoms with van der Waals surface area (Å²) in [6.45, 7) is 2.21. The lowest BCUT2D eigenvalue weighted by molar-refractivity contribution is -0.143. The van der Waals surface area contributed by atoms with E-state index < -0.39 is 5.69 Å². The van der Waals surface area contributed by atoms with E-state index in [0.717, 1.165) is 0 Å². The number of amides is 1. The predicted octanol–water partition coefficient (Wildman–Crippen LogP) is -0.345. The van der Waals surface area contributed by atoms with Crippen molar-refractivity contribution in [3.05, 3.63) is 28.9 Å². The molecule has 0 aliphatic rings. The first-order valence-electron chi connectivity index (χ1n) is 5.95. The fourth-order valence-electron chi connectivity index (χ4n) is 1.39. The van der Waals surface area contributed by atoms with E-state index in [2.05, 4.69) is 4.98 Å². The lowest BCUT2D eigenvalue weighted by Gasteiger charge is -2.17. The number of aromatic nitrogens is 2. The summed E-state index contributed by atoms with van der Waals surface area (Å²) in [5.74, 6) is -0.611. The predicted molar refractivity (Wildman–Crippen MR) is 67.4 cm³/mol. The Morgan fingerprint density at radius 2 is 2.21 bits per heavy atom. The summed E-state index contributed by atoms with van der Waals surface area (Å²) in [6, 6.07) is 1.58. The molecule has 104 valence electrons. The minimum atomic E-state index is -0.477. The van der Waals surface area contributed by atoms with E-state index in [1.807, 2.05) is 0 Å². The Bertz CT molecular complexity index is 498. The lowest BCUT2D eigenvalue weighted by atomic mass is 10.4. The zero-order chi connectivity index (χ0) is 14.3. The van der Waals surface area contributed by atoms with Crippen molar-refractivity contribution < 1.29 is 14.3 Å². The Hall–Kier alpha value is -2.18. The third-order valence-corrected chi connectivity index (χ3v) is 2.47. The van der Waals surface area contributed by atoms with Crippen LogP contribution in [0.1, 0.15) is 13.3 Å². The Morgan fingerprint density at radius 3 is 2.84 bits per heavy atom. The third kappa shape index (κ3) is 4.90. The Morgan fingerprint density at radius 1 is 1.47 bits per heavy atom. The molecule has 0 aromatic carbocycles. The van der Waals surface area contributed by atoms with Crippen molar-refractivity contribution in [2.45, 2.75) is 19.9 Å². The molecule has 7 heteroatoms. The molecule has 0 radical (unpaired) electrons. The quantitative estimate of drug-likeness (QED) is 0.658. The van der Waals surface area contributed by atoms with Crippen LogP contribution in [0.3, 0.4) is 0 Å². The van der Waals surface area contributed by atoms with Gasteiger partial charge in [0.05, 0.1) is 13.0 Å². The normalized spacial score (nSPS) is 10.0. The molecule has 0 aliphatic heterocycles. The second-order valence-corrected chi connectivity index (χ2v) is 3.90. The van der Waals surface area contributed by atoms with Gasteiger partial charge in [0.15, 0.2) is 0 Å². The first-order chi connectivity index (χ1) is 9.04. The number of carbonyl (C=O) groups excluding carboxylic acids is 2. The van der Waals surface area contributed by atoms with Crippen LogP contribution in [0, 0.1) is 0 Å². The maximum atomic E-state index is 11.8. The van der Waals surface area contributed by atoms with Gasteiger partial charge in [0.25, 0.3) is 0 Å². The van der Waals surface area contributed by atoms with E-state index in [1.54, 1.807) is 20.0 Å². The molecule has 0 saturated heterocycles. The van der Waals surface area contributed by atoms with Crippen molar-refractivity contribution in [2.75, 3.05) is 20.2 Å². The van der Waals surface area contributed by atoms with E-state index in [0.29, 0.717) is 6.61 Å². The van der Waals surface area contributed by atoms with Crippen molar-refractivity contribution in [3.8, 4) is 0 Å². The van der Waals surface area contributed by atoms with Crippen molar-refractivity contribution in [1.82, 2.24) is 14.5 Å². The monoisotopic (exact) mass is 267 g/mol. The van der Waals surface area contributed by atoms with Gasteiger partial charge < -0.3 is 9.64 Å². The summed E-state index contributed by atoms with van der Waals surface area (Å²) in [4.78, 5) is 39.3. The molecule has 0 N–H and O–H groups in total. The summed E-state index contributed by atoms with van der Waals surface area (Å²) in [5.41, 5.74) is -0.477. The van der Waals surface area contributed by atoms with Gasteiger partial charge in [-0.05, 0) is 13.0 Å². The molecule has 0 saturated carbocycles. The maximum absolute atomic E-state index is 11.8. The van der Waals surface area contributed by atoms with Crippen LogP contribution < -0.4 is 5.69 Å². The number of carbonyl (C=O) groups is 2. The molecule has 1 aromatic heterocycles. The third-order valence-electron chi connectivity index (χ3n) is 2.47. The van der Waals surface area contributed by atoms with Crippen LogP contribution >= 0.6 is 0 Å².